The summed E-state index contributed by atoms with van der Waals surface area (Å²) in [7, 11) is 3.04. The van der Waals surface area contributed by atoms with Gasteiger partial charge in [0.2, 0.25) is 5.91 Å². The topological polar surface area (TPSA) is 96.9 Å². The zero-order chi connectivity index (χ0) is 18.9. The number of aliphatic hydroxyl groups excluding tert-OH is 1. The minimum Gasteiger partial charge on any atom is -0.493 e. The van der Waals surface area contributed by atoms with Crippen molar-refractivity contribution in [2.24, 2.45) is 0 Å². The van der Waals surface area contributed by atoms with E-state index in [2.05, 4.69) is 10.6 Å². The molecule has 2 rings (SSSR count). The first-order valence-corrected chi connectivity index (χ1v) is 8.05. The van der Waals surface area contributed by atoms with Gasteiger partial charge in [0, 0.05) is 17.7 Å². The number of hydrogen-bond donors (Lipinski definition) is 3. The molecule has 0 aliphatic carbocycles. The van der Waals surface area contributed by atoms with Crippen molar-refractivity contribution >= 4 is 11.8 Å². The van der Waals surface area contributed by atoms with Crippen molar-refractivity contribution < 1.29 is 24.2 Å². The Morgan fingerprint density at radius 1 is 1.04 bits per heavy atom. The lowest BCUT2D eigenvalue weighted by Crippen LogP contribution is -2.48. The van der Waals surface area contributed by atoms with Gasteiger partial charge in [0.15, 0.2) is 11.5 Å². The summed E-state index contributed by atoms with van der Waals surface area (Å²) in [5, 5.41) is 14.6. The molecule has 0 aromatic heterocycles. The molecule has 3 N–H and O–H groups in total. The van der Waals surface area contributed by atoms with Crippen molar-refractivity contribution in [3.63, 3.8) is 0 Å². The highest BCUT2D eigenvalue weighted by atomic mass is 16.5. The zero-order valence-corrected chi connectivity index (χ0v) is 14.7. The van der Waals surface area contributed by atoms with E-state index in [1.807, 2.05) is 0 Å². The highest BCUT2D eigenvalue weighted by molar-refractivity contribution is 5.97. The second kappa shape index (κ2) is 9.43. The Morgan fingerprint density at radius 2 is 1.77 bits per heavy atom. The molecule has 26 heavy (non-hydrogen) atoms. The lowest BCUT2D eigenvalue weighted by atomic mass is 10.1. The quantitative estimate of drug-likeness (QED) is 0.657. The molecule has 2 aromatic carbocycles. The van der Waals surface area contributed by atoms with Crippen LogP contribution in [0.4, 0.5) is 0 Å². The largest absolute Gasteiger partial charge is 0.493 e. The number of ether oxygens (including phenoxy) is 2. The predicted molar refractivity (Wildman–Crippen MR) is 96.2 cm³/mol. The fraction of sp³-hybridized carbons (Fsp3) is 0.263. The van der Waals surface area contributed by atoms with E-state index >= 15 is 0 Å². The summed E-state index contributed by atoms with van der Waals surface area (Å²) in [6.45, 7) is -0.351. The van der Waals surface area contributed by atoms with Crippen LogP contribution < -0.4 is 20.1 Å². The van der Waals surface area contributed by atoms with Crippen molar-refractivity contribution in [2.45, 2.75) is 12.6 Å². The van der Waals surface area contributed by atoms with Crippen molar-refractivity contribution in [3.8, 4) is 11.5 Å². The SMILES string of the molecule is COc1cccc(CNC(=O)[C@H](CO)NC(=O)c2ccccc2)c1OC. The van der Waals surface area contributed by atoms with E-state index in [1.165, 1.54) is 14.2 Å². The number of carbonyl (C=O) groups excluding carboxylic acids is 2. The summed E-state index contributed by atoms with van der Waals surface area (Å²) in [6, 6.07) is 12.7. The first-order valence-electron chi connectivity index (χ1n) is 8.05. The lowest BCUT2D eigenvalue weighted by Gasteiger charge is -2.17. The maximum atomic E-state index is 12.3. The Morgan fingerprint density at radius 3 is 2.38 bits per heavy atom. The summed E-state index contributed by atoms with van der Waals surface area (Å²) < 4.78 is 10.5. The van der Waals surface area contributed by atoms with Crippen molar-refractivity contribution in [3.05, 3.63) is 59.7 Å². The number of carbonyl (C=O) groups is 2. The minimum absolute atomic E-state index is 0.164. The molecule has 7 heteroatoms. The molecule has 0 saturated carbocycles. The fourth-order valence-electron chi connectivity index (χ4n) is 2.42. The highest BCUT2D eigenvalue weighted by Gasteiger charge is 2.21. The van der Waals surface area contributed by atoms with E-state index in [4.69, 9.17) is 9.47 Å². The number of aliphatic hydroxyl groups is 1. The third-order valence-electron chi connectivity index (χ3n) is 3.78. The molecule has 138 valence electrons. The summed E-state index contributed by atoms with van der Waals surface area (Å²) in [5.74, 6) is 0.139. The van der Waals surface area contributed by atoms with E-state index in [-0.39, 0.29) is 6.54 Å². The average Bonchev–Trinajstić information content (AvgIpc) is 2.70. The molecule has 1 atom stereocenters. The first kappa shape index (κ1) is 19.3. The summed E-state index contributed by atoms with van der Waals surface area (Å²) in [4.78, 5) is 24.4. The molecule has 0 saturated heterocycles. The Bertz CT molecular complexity index is 749. The van der Waals surface area contributed by atoms with Crippen molar-refractivity contribution in [2.75, 3.05) is 20.8 Å². The van der Waals surface area contributed by atoms with Crippen molar-refractivity contribution in [1.29, 1.82) is 0 Å². The third-order valence-corrected chi connectivity index (χ3v) is 3.78. The molecular weight excluding hydrogens is 336 g/mol. The molecule has 0 radical (unpaired) electrons. The van der Waals surface area contributed by atoms with Crippen LogP contribution in [0.1, 0.15) is 15.9 Å². The number of benzene rings is 2. The van der Waals surface area contributed by atoms with Crippen LogP contribution in [0.25, 0.3) is 0 Å². The van der Waals surface area contributed by atoms with Gasteiger partial charge >= 0.3 is 0 Å². The summed E-state index contributed by atoms with van der Waals surface area (Å²) >= 11 is 0. The maximum absolute atomic E-state index is 12.3. The summed E-state index contributed by atoms with van der Waals surface area (Å²) in [5.41, 5.74) is 1.12. The van der Waals surface area contributed by atoms with E-state index in [9.17, 15) is 14.7 Å². The van der Waals surface area contributed by atoms with Gasteiger partial charge in [-0.25, -0.2) is 0 Å². The second-order valence-electron chi connectivity index (χ2n) is 5.45. The summed E-state index contributed by atoms with van der Waals surface area (Å²) in [6.07, 6.45) is 0. The molecule has 0 heterocycles. The monoisotopic (exact) mass is 358 g/mol. The molecule has 0 bridgehead atoms. The van der Waals surface area contributed by atoms with Gasteiger partial charge in [-0.2, -0.15) is 0 Å². The second-order valence-corrected chi connectivity index (χ2v) is 5.45. The van der Waals surface area contributed by atoms with Crippen LogP contribution in [0.5, 0.6) is 11.5 Å². The number of methoxy groups -OCH3 is 2. The minimum atomic E-state index is -1.06. The molecular formula is C19H22N2O5. The van der Waals surface area contributed by atoms with Gasteiger partial charge in [-0.15, -0.1) is 0 Å². The van der Waals surface area contributed by atoms with Gasteiger partial charge in [0.1, 0.15) is 6.04 Å². The smallest absolute Gasteiger partial charge is 0.251 e. The van der Waals surface area contributed by atoms with E-state index in [0.29, 0.717) is 22.6 Å². The number of para-hydroxylation sites is 1. The van der Waals surface area contributed by atoms with Crippen LogP contribution in [0.3, 0.4) is 0 Å². The first-order chi connectivity index (χ1) is 12.6. The van der Waals surface area contributed by atoms with Crippen LogP contribution in [0, 0.1) is 0 Å². The fourth-order valence-corrected chi connectivity index (χ4v) is 2.42. The molecule has 0 unspecified atom stereocenters. The Labute approximate surface area is 151 Å². The van der Waals surface area contributed by atoms with Gasteiger partial charge in [-0.05, 0) is 18.2 Å². The molecule has 0 aliphatic heterocycles. The van der Waals surface area contributed by atoms with Crippen LogP contribution in [-0.4, -0.2) is 43.8 Å². The Kier molecular flexibility index (Phi) is 6.99. The standard InChI is InChI=1S/C19H22N2O5/c1-25-16-10-6-9-14(17(16)26-2)11-20-19(24)15(12-22)21-18(23)13-7-4-3-5-8-13/h3-10,15,22H,11-12H2,1-2H3,(H,20,24)(H,21,23)/t15-/m0/s1. The van der Waals surface area contributed by atoms with E-state index < -0.39 is 24.5 Å². The van der Waals surface area contributed by atoms with Gasteiger partial charge in [-0.3, -0.25) is 9.59 Å². The number of nitrogens with one attached hydrogen (secondary N) is 2. The van der Waals surface area contributed by atoms with E-state index in [1.54, 1.807) is 48.5 Å². The maximum Gasteiger partial charge on any atom is 0.251 e. The molecule has 2 amide bonds. The number of hydrogen-bond acceptors (Lipinski definition) is 5. The molecule has 0 aliphatic rings. The number of rotatable bonds is 8. The number of amides is 2. The molecule has 7 nitrogen and oxygen atoms in total. The van der Waals surface area contributed by atoms with Gasteiger partial charge in [0.05, 0.1) is 20.8 Å². The van der Waals surface area contributed by atoms with E-state index in [0.717, 1.165) is 0 Å². The van der Waals surface area contributed by atoms with Crippen molar-refractivity contribution in [1.82, 2.24) is 10.6 Å². The van der Waals surface area contributed by atoms with Gasteiger partial charge in [-0.1, -0.05) is 30.3 Å². The Hall–Kier alpha value is -3.06. The zero-order valence-electron chi connectivity index (χ0n) is 14.7. The van der Waals surface area contributed by atoms with Gasteiger partial charge in [0.25, 0.3) is 5.91 Å². The third kappa shape index (κ3) is 4.73. The molecule has 0 fully saturated rings. The Balaban J connectivity index is 2.00. The molecule has 2 aromatic rings. The van der Waals surface area contributed by atoms with Crippen LogP contribution in [-0.2, 0) is 11.3 Å². The predicted octanol–water partition coefficient (Wildman–Crippen LogP) is 1.11. The molecule has 0 spiro atoms. The van der Waals surface area contributed by atoms with Crippen LogP contribution in [0.2, 0.25) is 0 Å². The normalized spacial score (nSPS) is 11.3. The average molecular weight is 358 g/mol. The van der Waals surface area contributed by atoms with Crippen LogP contribution in [0.15, 0.2) is 48.5 Å². The lowest BCUT2D eigenvalue weighted by molar-refractivity contribution is -0.124. The highest BCUT2D eigenvalue weighted by Crippen LogP contribution is 2.30. The van der Waals surface area contributed by atoms with Crippen LogP contribution >= 0.6 is 0 Å². The van der Waals surface area contributed by atoms with Gasteiger partial charge < -0.3 is 25.2 Å².